The summed E-state index contributed by atoms with van der Waals surface area (Å²) in [7, 11) is 0. The molecule has 0 unspecified atom stereocenters. The van der Waals surface area contributed by atoms with E-state index in [-0.39, 0.29) is 5.82 Å². The van der Waals surface area contributed by atoms with Gasteiger partial charge in [0.1, 0.15) is 23.3 Å². The van der Waals surface area contributed by atoms with Crippen LogP contribution < -0.4 is 11.1 Å². The topological polar surface area (TPSA) is 105 Å². The molecule has 0 aromatic carbocycles. The first-order valence-corrected chi connectivity index (χ1v) is 6.92. The zero-order chi connectivity index (χ0) is 15.4. The molecule has 7 nitrogen and oxygen atoms in total. The Bertz CT molecular complexity index is 661. The van der Waals surface area contributed by atoms with E-state index in [0.717, 1.165) is 25.1 Å². The second kappa shape index (κ2) is 6.22. The molecule has 7 heteroatoms. The van der Waals surface area contributed by atoms with Gasteiger partial charge in [-0.25, -0.2) is 9.97 Å². The zero-order valence-electron chi connectivity index (χ0n) is 12.5. The molecule has 0 fully saturated rings. The van der Waals surface area contributed by atoms with Gasteiger partial charge >= 0.3 is 0 Å². The molecule has 3 N–H and O–H groups in total. The number of hydrogen-bond acceptors (Lipinski definition) is 6. The lowest BCUT2D eigenvalue weighted by molar-refractivity contribution is 0.809. The van der Waals surface area contributed by atoms with Gasteiger partial charge in [0.25, 0.3) is 0 Å². The van der Waals surface area contributed by atoms with Crippen molar-refractivity contribution in [2.45, 2.75) is 33.6 Å². The third kappa shape index (κ3) is 3.11. The van der Waals surface area contributed by atoms with E-state index in [4.69, 9.17) is 5.73 Å². The fraction of sp³-hybridized carbons (Fsp3) is 0.429. The van der Waals surface area contributed by atoms with Crippen molar-refractivity contribution in [2.24, 2.45) is 0 Å². The van der Waals surface area contributed by atoms with Gasteiger partial charge in [-0.05, 0) is 20.3 Å². The number of anilines is 2. The monoisotopic (exact) mass is 285 g/mol. The van der Waals surface area contributed by atoms with Crippen molar-refractivity contribution in [3.8, 4) is 11.9 Å². The molecule has 0 radical (unpaired) electrons. The maximum absolute atomic E-state index is 9.27. The molecule has 2 aromatic heterocycles. The second-order valence-electron chi connectivity index (χ2n) is 4.83. The molecule has 0 bridgehead atoms. The van der Waals surface area contributed by atoms with E-state index in [1.54, 1.807) is 6.07 Å². The molecular formula is C14H19N7. The van der Waals surface area contributed by atoms with Crippen LogP contribution in [0.15, 0.2) is 6.07 Å². The van der Waals surface area contributed by atoms with Crippen molar-refractivity contribution in [3.63, 3.8) is 0 Å². The molecule has 0 atom stereocenters. The number of nitrogens with one attached hydrogen (secondary N) is 1. The summed E-state index contributed by atoms with van der Waals surface area (Å²) in [6, 6.07) is 3.88. The Morgan fingerprint density at radius 1 is 1.38 bits per heavy atom. The third-order valence-electron chi connectivity index (χ3n) is 3.03. The second-order valence-corrected chi connectivity index (χ2v) is 4.83. The molecule has 2 aromatic rings. The molecule has 0 saturated heterocycles. The van der Waals surface area contributed by atoms with Crippen molar-refractivity contribution in [1.29, 1.82) is 5.26 Å². The van der Waals surface area contributed by atoms with E-state index in [1.807, 2.05) is 13.8 Å². The predicted molar refractivity (Wildman–Crippen MR) is 81.2 cm³/mol. The summed E-state index contributed by atoms with van der Waals surface area (Å²) in [4.78, 5) is 8.55. The Kier molecular flexibility index (Phi) is 4.38. The van der Waals surface area contributed by atoms with Crippen LogP contribution in [0.25, 0.3) is 5.82 Å². The van der Waals surface area contributed by atoms with Crippen LogP contribution in [0.1, 0.15) is 36.8 Å². The predicted octanol–water partition coefficient (Wildman–Crippen LogP) is 1.95. The first kappa shape index (κ1) is 14.8. The van der Waals surface area contributed by atoms with E-state index in [2.05, 4.69) is 33.4 Å². The lowest BCUT2D eigenvalue weighted by Gasteiger charge is -2.04. The zero-order valence-corrected chi connectivity index (χ0v) is 12.5. The Hall–Kier alpha value is -2.62. The number of hydrogen-bond donors (Lipinski definition) is 2. The number of nitrogen functional groups attached to an aromatic ring is 1. The van der Waals surface area contributed by atoms with Crippen LogP contribution in [-0.4, -0.2) is 26.3 Å². The minimum Gasteiger partial charge on any atom is -0.382 e. The number of aryl methyl sites for hydroxylation is 2. The van der Waals surface area contributed by atoms with Gasteiger partial charge < -0.3 is 11.1 Å². The number of unbranched alkanes of at least 4 members (excludes halogenated alkanes) is 1. The molecule has 21 heavy (non-hydrogen) atoms. The summed E-state index contributed by atoms with van der Waals surface area (Å²) in [5, 5.41) is 16.8. The minimum atomic E-state index is 0.286. The van der Waals surface area contributed by atoms with Crippen LogP contribution in [0, 0.1) is 25.2 Å². The SMILES string of the molecule is CCCCNc1nn(-c2cc(C)nc(C)n2)c(N)c1C#N. The third-order valence-corrected chi connectivity index (χ3v) is 3.03. The first-order chi connectivity index (χ1) is 10.1. The fourth-order valence-corrected chi connectivity index (χ4v) is 2.03. The van der Waals surface area contributed by atoms with Gasteiger partial charge in [-0.2, -0.15) is 9.94 Å². The number of nitrogens with zero attached hydrogens (tertiary/aromatic N) is 5. The lowest BCUT2D eigenvalue weighted by Crippen LogP contribution is -2.07. The van der Waals surface area contributed by atoms with Crippen LogP contribution >= 0.6 is 0 Å². The molecule has 0 aliphatic carbocycles. The number of nitriles is 1. The van der Waals surface area contributed by atoms with Crippen LogP contribution in [0.3, 0.4) is 0 Å². The van der Waals surface area contributed by atoms with E-state index < -0.39 is 0 Å². The van der Waals surface area contributed by atoms with Crippen LogP contribution in [0.2, 0.25) is 0 Å². The van der Waals surface area contributed by atoms with Crippen molar-refractivity contribution >= 4 is 11.6 Å². The number of rotatable bonds is 5. The Balaban J connectivity index is 2.42. The summed E-state index contributed by atoms with van der Waals surface area (Å²) < 4.78 is 1.48. The Labute approximate surface area is 123 Å². The van der Waals surface area contributed by atoms with Crippen molar-refractivity contribution in [3.05, 3.63) is 23.1 Å². The van der Waals surface area contributed by atoms with Gasteiger partial charge in [0.2, 0.25) is 0 Å². The van der Waals surface area contributed by atoms with Gasteiger partial charge in [0.05, 0.1) is 0 Å². The number of nitrogens with two attached hydrogens (primary N) is 1. The molecule has 0 saturated carbocycles. The smallest absolute Gasteiger partial charge is 0.168 e. The van der Waals surface area contributed by atoms with Crippen molar-refractivity contribution in [2.75, 3.05) is 17.6 Å². The molecular weight excluding hydrogens is 266 g/mol. The van der Waals surface area contributed by atoms with E-state index >= 15 is 0 Å². The van der Waals surface area contributed by atoms with E-state index in [0.29, 0.717) is 23.0 Å². The van der Waals surface area contributed by atoms with E-state index in [9.17, 15) is 5.26 Å². The molecule has 110 valence electrons. The highest BCUT2D eigenvalue weighted by Gasteiger charge is 2.17. The number of aromatic nitrogens is 4. The van der Waals surface area contributed by atoms with Gasteiger partial charge in [-0.3, -0.25) is 0 Å². The van der Waals surface area contributed by atoms with Crippen molar-refractivity contribution < 1.29 is 0 Å². The molecule has 0 spiro atoms. The molecule has 0 aliphatic rings. The normalized spacial score (nSPS) is 10.4. The Morgan fingerprint density at radius 3 is 2.76 bits per heavy atom. The maximum Gasteiger partial charge on any atom is 0.168 e. The molecule has 0 aliphatic heterocycles. The summed E-state index contributed by atoms with van der Waals surface area (Å²) >= 11 is 0. The highest BCUT2D eigenvalue weighted by Crippen LogP contribution is 2.23. The molecule has 2 heterocycles. The van der Waals surface area contributed by atoms with Crippen molar-refractivity contribution in [1.82, 2.24) is 19.7 Å². The summed E-state index contributed by atoms with van der Waals surface area (Å²) in [6.07, 6.45) is 2.07. The summed E-state index contributed by atoms with van der Waals surface area (Å²) in [5.41, 5.74) is 7.20. The van der Waals surface area contributed by atoms with E-state index in [1.165, 1.54) is 4.68 Å². The largest absolute Gasteiger partial charge is 0.382 e. The molecule has 2 rings (SSSR count). The van der Waals surface area contributed by atoms with Gasteiger partial charge in [-0.1, -0.05) is 13.3 Å². The quantitative estimate of drug-likeness (QED) is 0.813. The maximum atomic E-state index is 9.27. The fourth-order valence-electron chi connectivity index (χ4n) is 2.03. The van der Waals surface area contributed by atoms with Crippen LogP contribution in [0.4, 0.5) is 11.6 Å². The average Bonchev–Trinajstić information content (AvgIpc) is 2.74. The summed E-state index contributed by atoms with van der Waals surface area (Å²) in [5.74, 6) is 1.99. The lowest BCUT2D eigenvalue weighted by atomic mass is 10.3. The van der Waals surface area contributed by atoms with Crippen LogP contribution in [-0.2, 0) is 0 Å². The van der Waals surface area contributed by atoms with Gasteiger partial charge in [0.15, 0.2) is 11.6 Å². The highest BCUT2D eigenvalue weighted by molar-refractivity contribution is 5.65. The minimum absolute atomic E-state index is 0.286. The van der Waals surface area contributed by atoms with Gasteiger partial charge in [-0.15, -0.1) is 5.10 Å². The first-order valence-electron chi connectivity index (χ1n) is 6.92. The summed E-state index contributed by atoms with van der Waals surface area (Å²) in [6.45, 7) is 6.54. The van der Waals surface area contributed by atoms with Crippen LogP contribution in [0.5, 0.6) is 0 Å². The average molecular weight is 285 g/mol. The highest BCUT2D eigenvalue weighted by atomic mass is 15.4. The standard InChI is InChI=1S/C14H19N7/c1-4-5-6-17-14-11(8-15)13(16)21(20-14)12-7-9(2)18-10(3)19-12/h7H,4-6,16H2,1-3H3,(H,17,20). The Morgan fingerprint density at radius 2 is 2.14 bits per heavy atom. The van der Waals surface area contributed by atoms with Gasteiger partial charge in [0, 0.05) is 18.3 Å². The molecule has 0 amide bonds.